The van der Waals surface area contributed by atoms with Crippen LogP contribution < -0.4 is 10.7 Å². The lowest BCUT2D eigenvalue weighted by molar-refractivity contribution is -0.384. The van der Waals surface area contributed by atoms with Crippen LogP contribution in [0.1, 0.15) is 18.1 Å². The molecule has 1 atom stereocenters. The van der Waals surface area contributed by atoms with Crippen molar-refractivity contribution in [3.63, 3.8) is 0 Å². The number of nitrogens with one attached hydrogen (secondary N) is 2. The molecule has 0 saturated carbocycles. The monoisotopic (exact) mass is 386 g/mol. The molecule has 0 bridgehead atoms. The fourth-order valence-electron chi connectivity index (χ4n) is 2.80. The third-order valence-corrected chi connectivity index (χ3v) is 4.36. The molecule has 28 heavy (non-hydrogen) atoms. The smallest absolute Gasteiger partial charge is 0.318 e. The second-order valence-corrected chi connectivity index (χ2v) is 6.34. The molecule has 1 aliphatic rings. The molecule has 1 fully saturated rings. The number of rotatable bonds is 5. The summed E-state index contributed by atoms with van der Waals surface area (Å²) in [5.41, 5.74) is 1.41. The Morgan fingerprint density at radius 1 is 1.18 bits per heavy atom. The minimum atomic E-state index is -1.49. The van der Waals surface area contributed by atoms with Crippen LogP contribution in [0.5, 0.6) is 0 Å². The molecule has 0 unspecified atom stereocenters. The van der Waals surface area contributed by atoms with E-state index in [1.54, 1.807) is 0 Å². The van der Waals surface area contributed by atoms with Gasteiger partial charge in [-0.25, -0.2) is 9.18 Å². The molecule has 2 aromatic carbocycles. The fraction of sp³-hybridized carbons (Fsp3) is 0.167. The van der Waals surface area contributed by atoms with Gasteiger partial charge in [-0.2, -0.15) is 5.01 Å². The Kier molecular flexibility index (Phi) is 4.78. The van der Waals surface area contributed by atoms with Crippen molar-refractivity contribution in [3.05, 3.63) is 75.6 Å². The predicted octanol–water partition coefficient (Wildman–Crippen LogP) is 1.77. The zero-order valence-electron chi connectivity index (χ0n) is 14.6. The lowest BCUT2D eigenvalue weighted by Crippen LogP contribution is -2.48. The summed E-state index contributed by atoms with van der Waals surface area (Å²) in [6.45, 7) is 1.43. The van der Waals surface area contributed by atoms with Crippen molar-refractivity contribution in [2.24, 2.45) is 0 Å². The van der Waals surface area contributed by atoms with Crippen molar-refractivity contribution in [1.82, 2.24) is 15.8 Å². The number of nitro groups is 1. The first-order chi connectivity index (χ1) is 13.2. The highest BCUT2D eigenvalue weighted by Gasteiger charge is 2.50. The topological polar surface area (TPSA) is 122 Å². The third-order valence-electron chi connectivity index (χ3n) is 4.36. The molecular weight excluding hydrogens is 371 g/mol. The van der Waals surface area contributed by atoms with E-state index < -0.39 is 34.1 Å². The van der Waals surface area contributed by atoms with E-state index in [1.807, 2.05) is 0 Å². The number of nitrogens with zero attached hydrogens (tertiary/aromatic N) is 2. The van der Waals surface area contributed by atoms with Gasteiger partial charge in [0.05, 0.1) is 11.3 Å². The van der Waals surface area contributed by atoms with E-state index in [0.29, 0.717) is 16.1 Å². The zero-order valence-corrected chi connectivity index (χ0v) is 14.6. The highest BCUT2D eigenvalue weighted by atomic mass is 19.1. The van der Waals surface area contributed by atoms with Crippen LogP contribution in [0.25, 0.3) is 0 Å². The molecule has 3 rings (SSSR count). The number of benzene rings is 2. The maximum Gasteiger partial charge on any atom is 0.344 e. The highest BCUT2D eigenvalue weighted by Crippen LogP contribution is 2.29. The number of urea groups is 1. The number of carbonyl (C=O) groups is 3. The van der Waals surface area contributed by atoms with Gasteiger partial charge in [0.1, 0.15) is 11.4 Å². The number of hydrogen-bond acceptors (Lipinski definition) is 5. The Morgan fingerprint density at radius 2 is 1.79 bits per heavy atom. The normalized spacial score (nSPS) is 18.7. The van der Waals surface area contributed by atoms with E-state index in [9.17, 15) is 28.9 Å². The molecular formula is C18H15FN4O5. The molecule has 2 N–H and O–H groups in total. The lowest BCUT2D eigenvalue weighted by Gasteiger charge is -2.22. The molecule has 0 aliphatic carbocycles. The van der Waals surface area contributed by atoms with Crippen LogP contribution >= 0.6 is 0 Å². The number of imide groups is 1. The van der Waals surface area contributed by atoms with E-state index in [4.69, 9.17) is 0 Å². The average Bonchev–Trinajstić information content (AvgIpc) is 2.88. The third kappa shape index (κ3) is 3.52. The second kappa shape index (κ2) is 7.06. The quantitative estimate of drug-likeness (QED) is 0.461. The van der Waals surface area contributed by atoms with Crippen molar-refractivity contribution in [2.75, 3.05) is 0 Å². The fourth-order valence-corrected chi connectivity index (χ4v) is 2.80. The Labute approximate surface area is 158 Å². The van der Waals surface area contributed by atoms with Crippen LogP contribution in [0.2, 0.25) is 0 Å². The average molecular weight is 386 g/mol. The molecule has 144 valence electrons. The predicted molar refractivity (Wildman–Crippen MR) is 94.1 cm³/mol. The first-order valence-electron chi connectivity index (χ1n) is 8.16. The number of nitro benzene ring substituents is 1. The molecule has 1 heterocycles. The van der Waals surface area contributed by atoms with E-state index in [2.05, 4.69) is 10.7 Å². The van der Waals surface area contributed by atoms with Crippen molar-refractivity contribution in [3.8, 4) is 0 Å². The number of non-ortho nitro benzene ring substituents is 1. The van der Waals surface area contributed by atoms with Crippen molar-refractivity contribution in [1.29, 1.82) is 0 Å². The Balaban J connectivity index is 1.74. The van der Waals surface area contributed by atoms with Crippen molar-refractivity contribution < 1.29 is 23.7 Å². The molecule has 4 amide bonds. The van der Waals surface area contributed by atoms with Crippen molar-refractivity contribution >= 4 is 23.5 Å². The van der Waals surface area contributed by atoms with Gasteiger partial charge >= 0.3 is 6.03 Å². The van der Waals surface area contributed by atoms with Gasteiger partial charge in [-0.05, 0) is 42.3 Å². The van der Waals surface area contributed by atoms with Gasteiger partial charge in [0.25, 0.3) is 11.6 Å². The number of amides is 4. The standard InChI is InChI=1S/C18H15FN4O5/c1-18(12-4-8-14(9-5-12)23(27)28)16(25)22(17(26)20-18)21-15(24)10-11-2-6-13(19)7-3-11/h2-9H,10H2,1H3,(H,20,26)(H,21,24)/t18-/m0/s1. The SMILES string of the molecule is C[C@@]1(c2ccc([N+](=O)[O-])cc2)NC(=O)N(NC(=O)Cc2ccc(F)cc2)C1=O. The summed E-state index contributed by atoms with van der Waals surface area (Å²) in [6, 6.07) is 9.55. The molecule has 0 aromatic heterocycles. The summed E-state index contributed by atoms with van der Waals surface area (Å²) in [4.78, 5) is 47.3. The van der Waals surface area contributed by atoms with Crippen LogP contribution in [0.4, 0.5) is 14.9 Å². The van der Waals surface area contributed by atoms with Crippen LogP contribution in [0, 0.1) is 15.9 Å². The lowest BCUT2D eigenvalue weighted by atomic mass is 9.92. The van der Waals surface area contributed by atoms with Gasteiger partial charge in [0, 0.05) is 12.1 Å². The largest absolute Gasteiger partial charge is 0.344 e. The van der Waals surface area contributed by atoms with Gasteiger partial charge in [-0.15, -0.1) is 0 Å². The molecule has 0 spiro atoms. The Morgan fingerprint density at radius 3 is 2.36 bits per heavy atom. The van der Waals surface area contributed by atoms with E-state index in [0.717, 1.165) is 0 Å². The maximum atomic E-state index is 12.9. The highest BCUT2D eigenvalue weighted by molar-refractivity contribution is 6.08. The molecule has 1 saturated heterocycles. The second-order valence-electron chi connectivity index (χ2n) is 6.34. The molecule has 9 nitrogen and oxygen atoms in total. The number of halogens is 1. The molecule has 0 radical (unpaired) electrons. The summed E-state index contributed by atoms with van der Waals surface area (Å²) in [5, 5.41) is 13.8. The number of hydrazine groups is 1. The summed E-state index contributed by atoms with van der Waals surface area (Å²) >= 11 is 0. The van der Waals surface area contributed by atoms with Crippen LogP contribution in [0.3, 0.4) is 0 Å². The number of carbonyl (C=O) groups excluding carboxylic acids is 3. The Hall–Kier alpha value is -3.82. The van der Waals surface area contributed by atoms with E-state index in [1.165, 1.54) is 55.5 Å². The van der Waals surface area contributed by atoms with Gasteiger partial charge in [0.2, 0.25) is 5.91 Å². The summed E-state index contributed by atoms with van der Waals surface area (Å²) in [6.07, 6.45) is -0.161. The number of hydrogen-bond donors (Lipinski definition) is 2. The maximum absolute atomic E-state index is 12.9. The van der Waals surface area contributed by atoms with Gasteiger partial charge in [-0.1, -0.05) is 12.1 Å². The van der Waals surface area contributed by atoms with Crippen LogP contribution in [-0.2, 0) is 21.5 Å². The molecule has 10 heteroatoms. The van der Waals surface area contributed by atoms with Crippen molar-refractivity contribution in [2.45, 2.75) is 18.9 Å². The minimum Gasteiger partial charge on any atom is -0.318 e. The van der Waals surface area contributed by atoms with Gasteiger partial charge in [-0.3, -0.25) is 25.1 Å². The summed E-state index contributed by atoms with van der Waals surface area (Å²) in [5.74, 6) is -1.82. The van der Waals surface area contributed by atoms with Gasteiger partial charge < -0.3 is 5.32 Å². The van der Waals surface area contributed by atoms with Gasteiger partial charge in [0.15, 0.2) is 0 Å². The first kappa shape index (κ1) is 19.0. The van der Waals surface area contributed by atoms with E-state index >= 15 is 0 Å². The van der Waals surface area contributed by atoms with E-state index in [-0.39, 0.29) is 12.1 Å². The first-order valence-corrected chi connectivity index (χ1v) is 8.16. The molecule has 2 aromatic rings. The summed E-state index contributed by atoms with van der Waals surface area (Å²) in [7, 11) is 0. The van der Waals surface area contributed by atoms with Crippen LogP contribution in [0.15, 0.2) is 48.5 Å². The zero-order chi connectivity index (χ0) is 20.5. The molecule has 1 aliphatic heterocycles. The minimum absolute atomic E-state index is 0.159. The Bertz CT molecular complexity index is 961. The summed E-state index contributed by atoms with van der Waals surface area (Å²) < 4.78 is 12.9. The van der Waals surface area contributed by atoms with Crippen LogP contribution in [-0.4, -0.2) is 27.8 Å².